The summed E-state index contributed by atoms with van der Waals surface area (Å²) in [5.41, 5.74) is 1.14. The molecule has 1 fully saturated rings. The predicted molar refractivity (Wildman–Crippen MR) is 96.4 cm³/mol. The van der Waals surface area contributed by atoms with Crippen molar-refractivity contribution in [3.05, 3.63) is 66.2 Å². The SMILES string of the molecule is O=C(NCc1ccco1)[C@H]1CCCN1C(=O)c1ccc2ccccc2n1. The number of rotatable bonds is 4. The van der Waals surface area contributed by atoms with Gasteiger partial charge in [-0.25, -0.2) is 4.98 Å². The van der Waals surface area contributed by atoms with E-state index in [2.05, 4.69) is 10.3 Å². The average Bonchev–Trinajstić information content (AvgIpc) is 3.37. The van der Waals surface area contributed by atoms with Gasteiger partial charge in [0.2, 0.25) is 5.91 Å². The number of aromatic nitrogens is 1. The smallest absolute Gasteiger partial charge is 0.273 e. The second-order valence-electron chi connectivity index (χ2n) is 6.34. The van der Waals surface area contributed by atoms with Crippen molar-refractivity contribution in [2.75, 3.05) is 6.54 Å². The molecule has 0 unspecified atom stereocenters. The number of hydrogen-bond acceptors (Lipinski definition) is 4. The van der Waals surface area contributed by atoms with Gasteiger partial charge in [-0.05, 0) is 37.1 Å². The highest BCUT2D eigenvalue weighted by Gasteiger charge is 2.35. The first-order valence-electron chi connectivity index (χ1n) is 8.69. The number of carbonyl (C=O) groups is 2. The van der Waals surface area contributed by atoms with Gasteiger partial charge in [0.05, 0.1) is 18.3 Å². The van der Waals surface area contributed by atoms with E-state index in [4.69, 9.17) is 4.42 Å². The zero-order valence-corrected chi connectivity index (χ0v) is 14.2. The van der Waals surface area contributed by atoms with Gasteiger partial charge in [-0.3, -0.25) is 9.59 Å². The molecule has 0 bridgehead atoms. The van der Waals surface area contributed by atoms with E-state index in [9.17, 15) is 9.59 Å². The van der Waals surface area contributed by atoms with Gasteiger partial charge in [0, 0.05) is 11.9 Å². The molecule has 6 heteroatoms. The molecule has 2 amide bonds. The van der Waals surface area contributed by atoms with Crippen LogP contribution in [0.25, 0.3) is 10.9 Å². The molecule has 0 spiro atoms. The third-order valence-electron chi connectivity index (χ3n) is 4.65. The average molecular weight is 349 g/mol. The maximum atomic E-state index is 12.9. The number of likely N-dealkylation sites (tertiary alicyclic amines) is 1. The van der Waals surface area contributed by atoms with Crippen LogP contribution in [0, 0.1) is 0 Å². The van der Waals surface area contributed by atoms with Crippen LogP contribution in [0.3, 0.4) is 0 Å². The summed E-state index contributed by atoms with van der Waals surface area (Å²) in [4.78, 5) is 31.5. The van der Waals surface area contributed by atoms with Gasteiger partial charge in [-0.1, -0.05) is 24.3 Å². The fourth-order valence-electron chi connectivity index (χ4n) is 3.32. The van der Waals surface area contributed by atoms with Crippen LogP contribution in [0.4, 0.5) is 0 Å². The van der Waals surface area contributed by atoms with Crippen LogP contribution < -0.4 is 5.32 Å². The van der Waals surface area contributed by atoms with Crippen molar-refractivity contribution in [3.8, 4) is 0 Å². The van der Waals surface area contributed by atoms with Crippen molar-refractivity contribution in [2.24, 2.45) is 0 Å². The van der Waals surface area contributed by atoms with Crippen LogP contribution in [0.15, 0.2) is 59.2 Å². The Balaban J connectivity index is 1.49. The number of pyridine rings is 1. The highest BCUT2D eigenvalue weighted by molar-refractivity contribution is 5.98. The largest absolute Gasteiger partial charge is 0.467 e. The van der Waals surface area contributed by atoms with E-state index in [1.165, 1.54) is 0 Å². The molecule has 4 rings (SSSR count). The minimum atomic E-state index is -0.467. The van der Waals surface area contributed by atoms with Gasteiger partial charge in [-0.2, -0.15) is 0 Å². The number of fused-ring (bicyclic) bond motifs is 1. The lowest BCUT2D eigenvalue weighted by Crippen LogP contribution is -2.45. The summed E-state index contributed by atoms with van der Waals surface area (Å²) in [6.07, 6.45) is 3.03. The number of furan rings is 1. The molecule has 1 aliphatic rings. The third-order valence-corrected chi connectivity index (χ3v) is 4.65. The maximum Gasteiger partial charge on any atom is 0.273 e. The molecule has 1 aromatic carbocycles. The van der Waals surface area contributed by atoms with Gasteiger partial charge >= 0.3 is 0 Å². The zero-order chi connectivity index (χ0) is 17.9. The minimum absolute atomic E-state index is 0.159. The van der Waals surface area contributed by atoms with E-state index >= 15 is 0 Å². The molecule has 132 valence electrons. The van der Waals surface area contributed by atoms with Crippen LogP contribution >= 0.6 is 0 Å². The summed E-state index contributed by atoms with van der Waals surface area (Å²) in [5, 5.41) is 3.83. The lowest BCUT2D eigenvalue weighted by atomic mass is 10.1. The molecular weight excluding hydrogens is 330 g/mol. The van der Waals surface area contributed by atoms with E-state index < -0.39 is 6.04 Å². The molecule has 1 atom stereocenters. The van der Waals surface area contributed by atoms with Gasteiger partial charge in [0.25, 0.3) is 5.91 Å². The fourth-order valence-corrected chi connectivity index (χ4v) is 3.32. The number of nitrogens with zero attached hydrogens (tertiary/aromatic N) is 2. The second-order valence-corrected chi connectivity index (χ2v) is 6.34. The maximum absolute atomic E-state index is 12.9. The summed E-state index contributed by atoms with van der Waals surface area (Å²) in [6, 6.07) is 14.4. The quantitative estimate of drug-likeness (QED) is 0.786. The summed E-state index contributed by atoms with van der Waals surface area (Å²) in [6.45, 7) is 0.880. The zero-order valence-electron chi connectivity index (χ0n) is 14.2. The van der Waals surface area contributed by atoms with Gasteiger partial charge in [0.1, 0.15) is 17.5 Å². The molecule has 3 aromatic rings. The number of para-hydroxylation sites is 1. The van der Waals surface area contributed by atoms with Crippen LogP contribution in [-0.2, 0) is 11.3 Å². The molecule has 0 radical (unpaired) electrons. The summed E-state index contributed by atoms with van der Waals surface area (Å²) in [7, 11) is 0. The summed E-state index contributed by atoms with van der Waals surface area (Å²) in [5.74, 6) is 0.324. The predicted octanol–water partition coefficient (Wildman–Crippen LogP) is 2.75. The highest BCUT2D eigenvalue weighted by Crippen LogP contribution is 2.21. The van der Waals surface area contributed by atoms with Crippen molar-refractivity contribution in [1.82, 2.24) is 15.2 Å². The fraction of sp³-hybridized carbons (Fsp3) is 0.250. The Hall–Kier alpha value is -3.15. The number of amides is 2. The Morgan fingerprint density at radius 1 is 1.15 bits per heavy atom. The monoisotopic (exact) mass is 349 g/mol. The van der Waals surface area contributed by atoms with Crippen LogP contribution in [0.2, 0.25) is 0 Å². The lowest BCUT2D eigenvalue weighted by molar-refractivity contribution is -0.125. The van der Waals surface area contributed by atoms with Gasteiger partial charge in [-0.15, -0.1) is 0 Å². The molecular formula is C20H19N3O3. The van der Waals surface area contributed by atoms with Crippen molar-refractivity contribution in [3.63, 3.8) is 0 Å². The van der Waals surface area contributed by atoms with Crippen LogP contribution in [-0.4, -0.2) is 34.3 Å². The number of benzene rings is 1. The Morgan fingerprint density at radius 2 is 2.04 bits per heavy atom. The van der Waals surface area contributed by atoms with E-state index in [-0.39, 0.29) is 11.8 Å². The Morgan fingerprint density at radius 3 is 2.88 bits per heavy atom. The Kier molecular flexibility index (Phi) is 4.39. The first-order chi connectivity index (χ1) is 12.7. The second kappa shape index (κ2) is 7.00. The van der Waals surface area contributed by atoms with Gasteiger partial charge in [0.15, 0.2) is 0 Å². The van der Waals surface area contributed by atoms with Crippen molar-refractivity contribution in [1.29, 1.82) is 0 Å². The number of carbonyl (C=O) groups excluding carboxylic acids is 2. The number of nitrogens with one attached hydrogen (secondary N) is 1. The van der Waals surface area contributed by atoms with E-state index in [1.807, 2.05) is 30.3 Å². The molecule has 0 saturated carbocycles. The van der Waals surface area contributed by atoms with Gasteiger partial charge < -0.3 is 14.6 Å². The highest BCUT2D eigenvalue weighted by atomic mass is 16.3. The van der Waals surface area contributed by atoms with Crippen molar-refractivity contribution >= 4 is 22.7 Å². The first-order valence-corrected chi connectivity index (χ1v) is 8.69. The molecule has 1 saturated heterocycles. The normalized spacial score (nSPS) is 16.8. The molecule has 1 aliphatic heterocycles. The summed E-state index contributed by atoms with van der Waals surface area (Å²) < 4.78 is 5.23. The molecule has 0 aliphatic carbocycles. The minimum Gasteiger partial charge on any atom is -0.467 e. The third kappa shape index (κ3) is 3.18. The van der Waals surface area contributed by atoms with Crippen molar-refractivity contribution in [2.45, 2.75) is 25.4 Å². The summed E-state index contributed by atoms with van der Waals surface area (Å²) >= 11 is 0. The molecule has 26 heavy (non-hydrogen) atoms. The topological polar surface area (TPSA) is 75.4 Å². The van der Waals surface area contributed by atoms with E-state index in [1.54, 1.807) is 29.4 Å². The van der Waals surface area contributed by atoms with Crippen LogP contribution in [0.5, 0.6) is 0 Å². The molecule has 2 aromatic heterocycles. The van der Waals surface area contributed by atoms with E-state index in [0.717, 1.165) is 17.3 Å². The van der Waals surface area contributed by atoms with E-state index in [0.29, 0.717) is 31.0 Å². The first kappa shape index (κ1) is 16.3. The molecule has 1 N–H and O–H groups in total. The Labute approximate surface area is 150 Å². The standard InChI is InChI=1S/C20H19N3O3/c24-19(21-13-15-6-4-12-26-15)18-8-3-11-23(18)20(25)17-10-9-14-5-1-2-7-16(14)22-17/h1-2,4-7,9-10,12,18H,3,8,11,13H2,(H,21,24)/t18-/m1/s1. The molecule has 3 heterocycles. The Bertz CT molecular complexity index is 936. The lowest BCUT2D eigenvalue weighted by Gasteiger charge is -2.23. The molecule has 6 nitrogen and oxygen atoms in total. The van der Waals surface area contributed by atoms with Crippen LogP contribution in [0.1, 0.15) is 29.1 Å². The van der Waals surface area contributed by atoms with Crippen molar-refractivity contribution < 1.29 is 14.0 Å². The number of hydrogen-bond donors (Lipinski definition) is 1.